The fraction of sp³-hybridized carbons (Fsp3) is 0.211. The zero-order chi connectivity index (χ0) is 19.6. The molecular formula is C19H21N3O4S. The monoisotopic (exact) mass is 387 g/mol. The molecule has 27 heavy (non-hydrogen) atoms. The van der Waals surface area contributed by atoms with Crippen molar-refractivity contribution in [2.45, 2.75) is 19.8 Å². The molecule has 0 unspecified atom stereocenters. The summed E-state index contributed by atoms with van der Waals surface area (Å²) in [6.45, 7) is 4.01. The zero-order valence-corrected chi connectivity index (χ0v) is 15.8. The maximum absolute atomic E-state index is 11.8. The lowest BCUT2D eigenvalue weighted by Crippen LogP contribution is -2.49. The first-order chi connectivity index (χ1) is 12.9. The summed E-state index contributed by atoms with van der Waals surface area (Å²) in [5.41, 5.74) is 5.96. The Hall–Kier alpha value is -3.13. The smallest absolute Gasteiger partial charge is 0.276 e. The number of hydrogen-bond donors (Lipinski definition) is 3. The summed E-state index contributed by atoms with van der Waals surface area (Å²) in [5.74, 6) is 0.659. The Bertz CT molecular complexity index is 799. The number of carbonyl (C=O) groups is 2. The number of hydrogen-bond acceptors (Lipinski definition) is 5. The SMILES string of the molecule is CC(C)c1ccc(OCC(=O)NNC(=S)NC(=O)/C=C/c2ccco2)cc1. The molecule has 142 valence electrons. The highest BCUT2D eigenvalue weighted by Crippen LogP contribution is 2.18. The van der Waals surface area contributed by atoms with E-state index in [0.717, 1.165) is 0 Å². The summed E-state index contributed by atoms with van der Waals surface area (Å²) < 4.78 is 10.5. The van der Waals surface area contributed by atoms with Crippen LogP contribution >= 0.6 is 12.2 Å². The Morgan fingerprint density at radius 2 is 1.93 bits per heavy atom. The first-order valence-electron chi connectivity index (χ1n) is 8.28. The predicted molar refractivity (Wildman–Crippen MR) is 106 cm³/mol. The van der Waals surface area contributed by atoms with E-state index in [1.54, 1.807) is 12.1 Å². The van der Waals surface area contributed by atoms with Crippen LogP contribution in [0.25, 0.3) is 6.08 Å². The van der Waals surface area contributed by atoms with E-state index in [4.69, 9.17) is 21.4 Å². The Morgan fingerprint density at radius 3 is 2.56 bits per heavy atom. The second-order valence-corrected chi connectivity index (χ2v) is 6.26. The summed E-state index contributed by atoms with van der Waals surface area (Å²) in [7, 11) is 0. The van der Waals surface area contributed by atoms with Crippen LogP contribution in [0.3, 0.4) is 0 Å². The predicted octanol–water partition coefficient (Wildman–Crippen LogP) is 2.52. The Balaban J connectivity index is 1.67. The average Bonchev–Trinajstić information content (AvgIpc) is 3.17. The lowest BCUT2D eigenvalue weighted by molar-refractivity contribution is -0.123. The van der Waals surface area contributed by atoms with Gasteiger partial charge in [0, 0.05) is 6.08 Å². The highest BCUT2D eigenvalue weighted by atomic mass is 32.1. The number of amides is 2. The molecule has 1 aromatic heterocycles. The van der Waals surface area contributed by atoms with Crippen LogP contribution in [0.5, 0.6) is 5.75 Å². The summed E-state index contributed by atoms with van der Waals surface area (Å²) >= 11 is 4.92. The zero-order valence-electron chi connectivity index (χ0n) is 15.0. The Morgan fingerprint density at radius 1 is 1.19 bits per heavy atom. The minimum absolute atomic E-state index is 0.0428. The lowest BCUT2D eigenvalue weighted by atomic mass is 10.0. The van der Waals surface area contributed by atoms with Gasteiger partial charge in [-0.25, -0.2) is 0 Å². The molecule has 8 heteroatoms. The van der Waals surface area contributed by atoms with Crippen LogP contribution < -0.4 is 20.9 Å². The molecule has 0 atom stereocenters. The standard InChI is InChI=1S/C19H21N3O4S/c1-13(2)14-5-7-16(8-6-14)26-12-18(24)21-22-19(27)20-17(23)10-9-15-4-3-11-25-15/h3-11,13H,12H2,1-2H3,(H,21,24)(H2,20,22,23,27)/b10-9+. The van der Waals surface area contributed by atoms with Crippen molar-refractivity contribution in [3.8, 4) is 5.75 Å². The molecule has 0 fully saturated rings. The molecule has 7 nitrogen and oxygen atoms in total. The van der Waals surface area contributed by atoms with Gasteiger partial charge in [-0.1, -0.05) is 26.0 Å². The van der Waals surface area contributed by atoms with Gasteiger partial charge in [0.15, 0.2) is 11.7 Å². The third kappa shape index (κ3) is 7.33. The molecule has 0 spiro atoms. The second-order valence-electron chi connectivity index (χ2n) is 5.85. The molecule has 1 heterocycles. The molecule has 0 bridgehead atoms. The van der Waals surface area contributed by atoms with Gasteiger partial charge in [-0.15, -0.1) is 0 Å². The lowest BCUT2D eigenvalue weighted by Gasteiger charge is -2.11. The van der Waals surface area contributed by atoms with Crippen LogP contribution in [0.1, 0.15) is 31.1 Å². The molecule has 0 saturated carbocycles. The molecular weight excluding hydrogens is 366 g/mol. The Labute approximate surface area is 162 Å². The van der Waals surface area contributed by atoms with Gasteiger partial charge in [-0.3, -0.25) is 25.8 Å². The first kappa shape index (κ1) is 20.2. The van der Waals surface area contributed by atoms with Crippen molar-refractivity contribution in [3.63, 3.8) is 0 Å². The van der Waals surface area contributed by atoms with E-state index in [9.17, 15) is 9.59 Å². The molecule has 0 aliphatic heterocycles. The van der Waals surface area contributed by atoms with E-state index < -0.39 is 11.8 Å². The number of carbonyl (C=O) groups excluding carboxylic acids is 2. The highest BCUT2D eigenvalue weighted by Gasteiger charge is 2.06. The van der Waals surface area contributed by atoms with Crippen LogP contribution in [-0.2, 0) is 9.59 Å². The molecule has 2 aromatic rings. The van der Waals surface area contributed by atoms with Crippen molar-refractivity contribution in [1.82, 2.24) is 16.2 Å². The van der Waals surface area contributed by atoms with E-state index in [1.807, 2.05) is 24.3 Å². The molecule has 0 radical (unpaired) electrons. The highest BCUT2D eigenvalue weighted by molar-refractivity contribution is 7.80. The number of furan rings is 1. The third-order valence-electron chi connectivity index (χ3n) is 3.41. The number of thiocarbonyl (C=S) groups is 1. The largest absolute Gasteiger partial charge is 0.484 e. The molecule has 0 saturated heterocycles. The molecule has 1 aromatic carbocycles. The number of rotatable bonds is 6. The second kappa shape index (κ2) is 10.1. The van der Waals surface area contributed by atoms with Crippen molar-refractivity contribution in [2.75, 3.05) is 6.61 Å². The number of ether oxygens (including phenoxy) is 1. The minimum atomic E-state index is -0.459. The van der Waals surface area contributed by atoms with Crippen molar-refractivity contribution in [1.29, 1.82) is 0 Å². The summed E-state index contributed by atoms with van der Waals surface area (Å²) in [6, 6.07) is 10.9. The van der Waals surface area contributed by atoms with Gasteiger partial charge < -0.3 is 9.15 Å². The van der Waals surface area contributed by atoms with Gasteiger partial charge in [-0.2, -0.15) is 0 Å². The van der Waals surface area contributed by atoms with Crippen molar-refractivity contribution >= 4 is 35.2 Å². The molecule has 0 aliphatic rings. The molecule has 2 rings (SSSR count). The van der Waals surface area contributed by atoms with Gasteiger partial charge in [0.1, 0.15) is 11.5 Å². The van der Waals surface area contributed by atoms with Crippen molar-refractivity contribution in [2.24, 2.45) is 0 Å². The molecule has 0 aliphatic carbocycles. The topological polar surface area (TPSA) is 92.6 Å². The van der Waals surface area contributed by atoms with Gasteiger partial charge in [0.2, 0.25) is 5.91 Å². The maximum atomic E-state index is 11.8. The summed E-state index contributed by atoms with van der Waals surface area (Å²) in [4.78, 5) is 23.4. The summed E-state index contributed by atoms with van der Waals surface area (Å²) in [6.07, 6.45) is 4.26. The van der Waals surface area contributed by atoms with Crippen LogP contribution in [0.4, 0.5) is 0 Å². The van der Waals surface area contributed by atoms with Gasteiger partial charge >= 0.3 is 0 Å². The van der Waals surface area contributed by atoms with E-state index in [0.29, 0.717) is 17.4 Å². The van der Waals surface area contributed by atoms with E-state index in [-0.39, 0.29) is 11.7 Å². The Kier molecular flexibility index (Phi) is 7.57. The minimum Gasteiger partial charge on any atom is -0.484 e. The fourth-order valence-corrected chi connectivity index (χ4v) is 2.14. The molecule has 3 N–H and O–H groups in total. The maximum Gasteiger partial charge on any atom is 0.276 e. The van der Waals surface area contributed by atoms with Crippen molar-refractivity contribution < 1.29 is 18.7 Å². The normalized spacial score (nSPS) is 10.6. The first-order valence-corrected chi connectivity index (χ1v) is 8.69. The van der Waals surface area contributed by atoms with Gasteiger partial charge in [0.25, 0.3) is 5.91 Å². The number of benzene rings is 1. The van der Waals surface area contributed by atoms with Gasteiger partial charge in [-0.05, 0) is 54.0 Å². The van der Waals surface area contributed by atoms with E-state index >= 15 is 0 Å². The number of nitrogens with one attached hydrogen (secondary N) is 3. The van der Waals surface area contributed by atoms with Crippen LogP contribution in [0.15, 0.2) is 53.2 Å². The van der Waals surface area contributed by atoms with Crippen LogP contribution in [0.2, 0.25) is 0 Å². The van der Waals surface area contributed by atoms with Crippen molar-refractivity contribution in [3.05, 3.63) is 60.1 Å². The van der Waals surface area contributed by atoms with E-state index in [2.05, 4.69) is 30.0 Å². The quantitative estimate of drug-likeness (QED) is 0.401. The third-order valence-corrected chi connectivity index (χ3v) is 3.62. The fourth-order valence-electron chi connectivity index (χ4n) is 1.99. The van der Waals surface area contributed by atoms with Crippen LogP contribution in [0, 0.1) is 0 Å². The van der Waals surface area contributed by atoms with Crippen LogP contribution in [-0.4, -0.2) is 23.5 Å². The van der Waals surface area contributed by atoms with Gasteiger partial charge in [0.05, 0.1) is 6.26 Å². The number of hydrazine groups is 1. The van der Waals surface area contributed by atoms with E-state index in [1.165, 1.54) is 24.0 Å². The average molecular weight is 387 g/mol. The molecule has 2 amide bonds. The summed E-state index contributed by atoms with van der Waals surface area (Å²) in [5, 5.41) is 2.34.